The number of halogens is 3. The SMILES string of the molecule is Brc1cccc([C@H]2O[C@]3(c4cccc(Br)c4)OCC[C@]3(c3cccc(Br)c3)O2)c1. The molecule has 0 amide bonds. The van der Waals surface area contributed by atoms with E-state index in [0.717, 1.165) is 30.1 Å². The topological polar surface area (TPSA) is 27.7 Å². The molecular formula is C23H17Br3O3. The van der Waals surface area contributed by atoms with Gasteiger partial charge in [0.1, 0.15) is 0 Å². The minimum atomic E-state index is -1.04. The number of ether oxygens (including phenoxy) is 3. The summed E-state index contributed by atoms with van der Waals surface area (Å²) in [6.45, 7) is 0.546. The van der Waals surface area contributed by atoms with Crippen LogP contribution in [0, 0.1) is 0 Å². The van der Waals surface area contributed by atoms with Crippen molar-refractivity contribution in [3.63, 3.8) is 0 Å². The molecule has 29 heavy (non-hydrogen) atoms. The van der Waals surface area contributed by atoms with Crippen molar-refractivity contribution in [3.8, 4) is 0 Å². The first-order chi connectivity index (χ1) is 14.0. The highest BCUT2D eigenvalue weighted by Crippen LogP contribution is 2.62. The molecule has 2 heterocycles. The standard InChI is InChI=1S/C23H17Br3O3/c24-18-7-1-4-15(12-18)21-28-22(16-5-2-8-19(25)13-16)10-11-27-23(22,29-21)17-6-3-9-20(26)14-17/h1-9,12-14,21H,10-11H2/t21-,22-,23+/m1/s1. The predicted molar refractivity (Wildman–Crippen MR) is 121 cm³/mol. The Hall–Kier alpha value is -1.02. The van der Waals surface area contributed by atoms with Crippen LogP contribution in [0.4, 0.5) is 0 Å². The molecule has 0 radical (unpaired) electrons. The molecule has 0 unspecified atom stereocenters. The second kappa shape index (κ2) is 7.59. The quantitative estimate of drug-likeness (QED) is 0.328. The molecule has 0 spiro atoms. The number of hydrogen-bond acceptors (Lipinski definition) is 3. The monoisotopic (exact) mass is 578 g/mol. The minimum absolute atomic E-state index is 0.546. The highest BCUT2D eigenvalue weighted by Gasteiger charge is 2.67. The summed E-state index contributed by atoms with van der Waals surface area (Å²) in [7, 11) is 0. The molecule has 0 bridgehead atoms. The fourth-order valence-electron chi connectivity index (χ4n) is 4.25. The van der Waals surface area contributed by atoms with Gasteiger partial charge in [-0.15, -0.1) is 0 Å². The van der Waals surface area contributed by atoms with E-state index in [9.17, 15) is 0 Å². The molecule has 3 aromatic carbocycles. The highest BCUT2D eigenvalue weighted by molar-refractivity contribution is 9.11. The molecular weight excluding hydrogens is 564 g/mol. The average Bonchev–Trinajstić information content (AvgIpc) is 3.23. The van der Waals surface area contributed by atoms with Gasteiger partial charge < -0.3 is 14.2 Å². The van der Waals surface area contributed by atoms with E-state index in [1.54, 1.807) is 0 Å². The maximum Gasteiger partial charge on any atom is 0.232 e. The third-order valence-electron chi connectivity index (χ3n) is 5.49. The number of hydrogen-bond donors (Lipinski definition) is 0. The summed E-state index contributed by atoms with van der Waals surface area (Å²) in [6.07, 6.45) is 0.145. The summed E-state index contributed by atoms with van der Waals surface area (Å²) >= 11 is 10.8. The van der Waals surface area contributed by atoms with Crippen molar-refractivity contribution in [2.24, 2.45) is 0 Å². The van der Waals surface area contributed by atoms with Gasteiger partial charge in [0.2, 0.25) is 5.79 Å². The summed E-state index contributed by atoms with van der Waals surface area (Å²) in [5.41, 5.74) is 2.15. The van der Waals surface area contributed by atoms with Gasteiger partial charge in [-0.1, -0.05) is 84.2 Å². The second-order valence-electron chi connectivity index (χ2n) is 7.19. The molecule has 2 saturated heterocycles. The zero-order valence-corrected chi connectivity index (χ0v) is 20.0. The van der Waals surface area contributed by atoms with Crippen molar-refractivity contribution >= 4 is 47.8 Å². The normalized spacial score (nSPS) is 28.4. The summed E-state index contributed by atoms with van der Waals surface area (Å²) < 4.78 is 22.7. The van der Waals surface area contributed by atoms with Crippen LogP contribution in [0.2, 0.25) is 0 Å². The predicted octanol–water partition coefficient (Wildman–Crippen LogP) is 7.19. The van der Waals surface area contributed by atoms with E-state index in [-0.39, 0.29) is 0 Å². The molecule has 2 fully saturated rings. The van der Waals surface area contributed by atoms with Gasteiger partial charge in [0.25, 0.3) is 0 Å². The van der Waals surface area contributed by atoms with Crippen molar-refractivity contribution in [1.29, 1.82) is 0 Å². The Morgan fingerprint density at radius 3 is 2.03 bits per heavy atom. The van der Waals surface area contributed by atoms with Gasteiger partial charge in [0.15, 0.2) is 11.9 Å². The van der Waals surface area contributed by atoms with Crippen LogP contribution >= 0.6 is 47.8 Å². The van der Waals surface area contributed by atoms with Gasteiger partial charge in [-0.25, -0.2) is 0 Å². The first-order valence-corrected chi connectivity index (χ1v) is 11.7. The van der Waals surface area contributed by atoms with Crippen LogP contribution in [0.5, 0.6) is 0 Å². The number of fused-ring (bicyclic) bond motifs is 1. The molecule has 0 aromatic heterocycles. The third-order valence-corrected chi connectivity index (χ3v) is 6.97. The van der Waals surface area contributed by atoms with Gasteiger partial charge in [0, 0.05) is 31.0 Å². The average molecular weight is 581 g/mol. The van der Waals surface area contributed by atoms with E-state index in [1.165, 1.54) is 0 Å². The van der Waals surface area contributed by atoms with Gasteiger partial charge in [-0.05, 0) is 42.0 Å². The van der Waals surface area contributed by atoms with E-state index < -0.39 is 17.7 Å². The number of benzene rings is 3. The van der Waals surface area contributed by atoms with Crippen molar-refractivity contribution in [2.75, 3.05) is 6.61 Å². The lowest BCUT2D eigenvalue weighted by atomic mass is 9.81. The lowest BCUT2D eigenvalue weighted by Gasteiger charge is -2.36. The molecule has 0 aliphatic carbocycles. The van der Waals surface area contributed by atoms with E-state index in [1.807, 2.05) is 60.7 Å². The van der Waals surface area contributed by atoms with Gasteiger partial charge in [0.05, 0.1) is 6.61 Å². The van der Waals surface area contributed by atoms with Crippen molar-refractivity contribution in [2.45, 2.75) is 24.1 Å². The maximum atomic E-state index is 6.75. The maximum absolute atomic E-state index is 6.75. The highest BCUT2D eigenvalue weighted by atomic mass is 79.9. The molecule has 5 rings (SSSR count). The van der Waals surface area contributed by atoms with E-state index in [0.29, 0.717) is 13.0 Å². The second-order valence-corrected chi connectivity index (χ2v) is 9.93. The molecule has 0 saturated carbocycles. The van der Waals surface area contributed by atoms with Crippen LogP contribution in [0.25, 0.3) is 0 Å². The lowest BCUT2D eigenvalue weighted by Crippen LogP contribution is -2.43. The van der Waals surface area contributed by atoms with Crippen LogP contribution in [-0.2, 0) is 25.6 Å². The summed E-state index contributed by atoms with van der Waals surface area (Å²) in [5, 5.41) is 0. The fourth-order valence-corrected chi connectivity index (χ4v) is 5.47. The first-order valence-electron chi connectivity index (χ1n) is 9.30. The van der Waals surface area contributed by atoms with Gasteiger partial charge in [-0.2, -0.15) is 0 Å². The molecule has 6 heteroatoms. The summed E-state index contributed by atoms with van der Waals surface area (Å²) in [6, 6.07) is 24.3. The van der Waals surface area contributed by atoms with Crippen LogP contribution in [0.15, 0.2) is 86.2 Å². The van der Waals surface area contributed by atoms with E-state index in [2.05, 4.69) is 59.9 Å². The fraction of sp³-hybridized carbons (Fsp3) is 0.217. The molecule has 3 atom stereocenters. The lowest BCUT2D eigenvalue weighted by molar-refractivity contribution is -0.231. The van der Waals surface area contributed by atoms with Crippen LogP contribution < -0.4 is 0 Å². The Morgan fingerprint density at radius 2 is 1.34 bits per heavy atom. The minimum Gasteiger partial charge on any atom is -0.343 e. The van der Waals surface area contributed by atoms with Crippen LogP contribution in [0.3, 0.4) is 0 Å². The van der Waals surface area contributed by atoms with Crippen molar-refractivity contribution in [3.05, 3.63) is 103 Å². The van der Waals surface area contributed by atoms with Crippen molar-refractivity contribution < 1.29 is 14.2 Å². The van der Waals surface area contributed by atoms with E-state index in [4.69, 9.17) is 14.2 Å². The summed E-state index contributed by atoms with van der Waals surface area (Å²) in [4.78, 5) is 0. The third kappa shape index (κ3) is 3.25. The molecule has 3 nitrogen and oxygen atoms in total. The largest absolute Gasteiger partial charge is 0.343 e. The molecule has 3 aromatic rings. The van der Waals surface area contributed by atoms with Crippen LogP contribution in [-0.4, -0.2) is 6.61 Å². The zero-order chi connectivity index (χ0) is 20.1. The summed E-state index contributed by atoms with van der Waals surface area (Å²) in [5.74, 6) is -1.04. The van der Waals surface area contributed by atoms with Gasteiger partial charge >= 0.3 is 0 Å². The Balaban J connectivity index is 1.70. The molecule has 2 aliphatic rings. The number of rotatable bonds is 3. The Labute approximate surface area is 194 Å². The zero-order valence-electron chi connectivity index (χ0n) is 15.3. The Kier molecular flexibility index (Phi) is 5.21. The molecule has 0 N–H and O–H groups in total. The smallest absolute Gasteiger partial charge is 0.232 e. The Bertz CT molecular complexity index is 1010. The van der Waals surface area contributed by atoms with Crippen molar-refractivity contribution in [1.82, 2.24) is 0 Å². The van der Waals surface area contributed by atoms with E-state index >= 15 is 0 Å². The van der Waals surface area contributed by atoms with Gasteiger partial charge in [-0.3, -0.25) is 0 Å². The molecule has 2 aliphatic heterocycles. The van der Waals surface area contributed by atoms with Crippen LogP contribution in [0.1, 0.15) is 29.4 Å². The Morgan fingerprint density at radius 1 is 0.724 bits per heavy atom. The first kappa shape index (κ1) is 19.9. The molecule has 148 valence electrons.